The Morgan fingerprint density at radius 2 is 2.23 bits per heavy atom. The van der Waals surface area contributed by atoms with Crippen LogP contribution < -0.4 is 5.32 Å². The van der Waals surface area contributed by atoms with Gasteiger partial charge in [0.15, 0.2) is 0 Å². The first-order chi connectivity index (χ1) is 12.7. The van der Waals surface area contributed by atoms with E-state index in [2.05, 4.69) is 10.3 Å². The van der Waals surface area contributed by atoms with Crippen LogP contribution in [-0.2, 0) is 22.6 Å². The first-order valence-electron chi connectivity index (χ1n) is 8.69. The lowest BCUT2D eigenvalue weighted by molar-refractivity contribution is -0.129. The van der Waals surface area contributed by atoms with Crippen molar-refractivity contribution in [1.82, 2.24) is 19.6 Å². The van der Waals surface area contributed by atoms with Gasteiger partial charge in [0.05, 0.1) is 24.4 Å². The van der Waals surface area contributed by atoms with Crippen LogP contribution in [0.5, 0.6) is 0 Å². The SMILES string of the molecule is O=C(NCCc1cn2ccccc2n1)C1CC(=O)N(Cc2ccco2)C1. The number of hydrogen-bond donors (Lipinski definition) is 1. The first-order valence-corrected chi connectivity index (χ1v) is 8.69. The van der Waals surface area contributed by atoms with Crippen molar-refractivity contribution in [2.45, 2.75) is 19.4 Å². The minimum atomic E-state index is -0.307. The fraction of sp³-hybridized carbons (Fsp3) is 0.316. The Kier molecular flexibility index (Phi) is 4.43. The molecule has 7 nitrogen and oxygen atoms in total. The van der Waals surface area contributed by atoms with Gasteiger partial charge in [0.1, 0.15) is 11.4 Å². The average Bonchev–Trinajstić information content (AvgIpc) is 3.35. The van der Waals surface area contributed by atoms with E-state index in [-0.39, 0.29) is 24.2 Å². The van der Waals surface area contributed by atoms with Crippen LogP contribution in [0.4, 0.5) is 0 Å². The molecule has 134 valence electrons. The van der Waals surface area contributed by atoms with Crippen LogP contribution in [0.3, 0.4) is 0 Å². The maximum absolute atomic E-state index is 12.4. The second kappa shape index (κ2) is 7.03. The Morgan fingerprint density at radius 1 is 1.31 bits per heavy atom. The first kappa shape index (κ1) is 16.4. The summed E-state index contributed by atoms with van der Waals surface area (Å²) in [6.45, 7) is 1.35. The lowest BCUT2D eigenvalue weighted by Crippen LogP contribution is -2.34. The van der Waals surface area contributed by atoms with Gasteiger partial charge in [-0.25, -0.2) is 4.98 Å². The third kappa shape index (κ3) is 3.46. The Morgan fingerprint density at radius 3 is 3.04 bits per heavy atom. The Labute approximate surface area is 150 Å². The van der Waals surface area contributed by atoms with Gasteiger partial charge in [0, 0.05) is 38.3 Å². The number of carbonyl (C=O) groups excluding carboxylic acids is 2. The van der Waals surface area contributed by atoms with Gasteiger partial charge in [-0.05, 0) is 24.3 Å². The van der Waals surface area contributed by atoms with Crippen molar-refractivity contribution in [2.24, 2.45) is 5.92 Å². The van der Waals surface area contributed by atoms with Crippen molar-refractivity contribution in [2.75, 3.05) is 13.1 Å². The van der Waals surface area contributed by atoms with E-state index in [1.165, 1.54) is 0 Å². The second-order valence-electron chi connectivity index (χ2n) is 6.49. The fourth-order valence-corrected chi connectivity index (χ4v) is 3.26. The third-order valence-electron chi connectivity index (χ3n) is 4.61. The number of furan rings is 1. The zero-order valence-corrected chi connectivity index (χ0v) is 14.3. The summed E-state index contributed by atoms with van der Waals surface area (Å²) in [5.74, 6) is 0.329. The largest absolute Gasteiger partial charge is 0.467 e. The van der Waals surface area contributed by atoms with Crippen molar-refractivity contribution in [3.63, 3.8) is 0 Å². The number of amides is 2. The minimum Gasteiger partial charge on any atom is -0.467 e. The zero-order valence-electron chi connectivity index (χ0n) is 14.3. The highest BCUT2D eigenvalue weighted by molar-refractivity contribution is 5.89. The average molecular weight is 352 g/mol. The quantitative estimate of drug-likeness (QED) is 0.731. The molecule has 3 aromatic rings. The second-order valence-corrected chi connectivity index (χ2v) is 6.49. The molecule has 4 heterocycles. The number of hydrogen-bond acceptors (Lipinski definition) is 4. The van der Waals surface area contributed by atoms with E-state index in [9.17, 15) is 9.59 Å². The number of nitrogens with zero attached hydrogens (tertiary/aromatic N) is 3. The molecule has 4 rings (SSSR count). The van der Waals surface area contributed by atoms with E-state index >= 15 is 0 Å². The van der Waals surface area contributed by atoms with E-state index in [1.54, 1.807) is 17.2 Å². The van der Waals surface area contributed by atoms with E-state index < -0.39 is 0 Å². The smallest absolute Gasteiger partial charge is 0.225 e. The molecule has 1 aliphatic rings. The van der Waals surface area contributed by atoms with Crippen molar-refractivity contribution >= 4 is 17.5 Å². The number of aromatic nitrogens is 2. The van der Waals surface area contributed by atoms with Crippen molar-refractivity contribution in [3.8, 4) is 0 Å². The molecule has 7 heteroatoms. The predicted octanol–water partition coefficient (Wildman–Crippen LogP) is 1.63. The summed E-state index contributed by atoms with van der Waals surface area (Å²) in [6.07, 6.45) is 6.40. The molecule has 1 atom stereocenters. The molecule has 0 aromatic carbocycles. The number of carbonyl (C=O) groups is 2. The summed E-state index contributed by atoms with van der Waals surface area (Å²) in [6, 6.07) is 9.46. The summed E-state index contributed by atoms with van der Waals surface area (Å²) in [7, 11) is 0. The van der Waals surface area contributed by atoms with Crippen LogP contribution >= 0.6 is 0 Å². The van der Waals surface area contributed by atoms with Gasteiger partial charge in [-0.1, -0.05) is 6.07 Å². The zero-order chi connectivity index (χ0) is 17.9. The molecule has 3 aromatic heterocycles. The number of nitrogens with one attached hydrogen (secondary N) is 1. The molecule has 0 saturated carbocycles. The van der Waals surface area contributed by atoms with Crippen LogP contribution in [-0.4, -0.2) is 39.2 Å². The highest BCUT2D eigenvalue weighted by atomic mass is 16.3. The fourth-order valence-electron chi connectivity index (χ4n) is 3.26. The normalized spacial score (nSPS) is 17.2. The summed E-state index contributed by atoms with van der Waals surface area (Å²) in [5, 5.41) is 2.93. The van der Waals surface area contributed by atoms with Crippen LogP contribution in [0.1, 0.15) is 17.9 Å². The molecule has 1 N–H and O–H groups in total. The molecule has 1 aliphatic heterocycles. The molecule has 26 heavy (non-hydrogen) atoms. The van der Waals surface area contributed by atoms with Crippen molar-refractivity contribution in [3.05, 3.63) is 60.4 Å². The van der Waals surface area contributed by atoms with Crippen molar-refractivity contribution < 1.29 is 14.0 Å². The Hall–Kier alpha value is -3.09. The summed E-state index contributed by atoms with van der Waals surface area (Å²) >= 11 is 0. The molecule has 0 aliphatic carbocycles. The van der Waals surface area contributed by atoms with Gasteiger partial charge in [0.2, 0.25) is 11.8 Å². The number of fused-ring (bicyclic) bond motifs is 1. The lowest BCUT2D eigenvalue weighted by Gasteiger charge is -2.15. The molecule has 1 fully saturated rings. The molecule has 0 radical (unpaired) electrons. The molecular weight excluding hydrogens is 332 g/mol. The molecule has 1 unspecified atom stereocenters. The molecule has 1 saturated heterocycles. The van der Waals surface area contributed by atoms with Crippen LogP contribution in [0.2, 0.25) is 0 Å². The number of rotatable bonds is 6. The van der Waals surface area contributed by atoms with E-state index in [1.807, 2.05) is 41.1 Å². The molecule has 0 spiro atoms. The highest BCUT2D eigenvalue weighted by Gasteiger charge is 2.34. The highest BCUT2D eigenvalue weighted by Crippen LogP contribution is 2.20. The molecule has 0 bridgehead atoms. The lowest BCUT2D eigenvalue weighted by atomic mass is 10.1. The predicted molar refractivity (Wildman–Crippen MR) is 94.1 cm³/mol. The van der Waals surface area contributed by atoms with Crippen LogP contribution in [0.15, 0.2) is 53.4 Å². The third-order valence-corrected chi connectivity index (χ3v) is 4.61. The van der Waals surface area contributed by atoms with E-state index in [0.29, 0.717) is 26.1 Å². The number of pyridine rings is 1. The van der Waals surface area contributed by atoms with Gasteiger partial charge < -0.3 is 19.0 Å². The maximum atomic E-state index is 12.4. The molecule has 2 amide bonds. The van der Waals surface area contributed by atoms with Gasteiger partial charge in [0.25, 0.3) is 0 Å². The maximum Gasteiger partial charge on any atom is 0.225 e. The van der Waals surface area contributed by atoms with Crippen molar-refractivity contribution in [1.29, 1.82) is 0 Å². The number of imidazole rings is 1. The standard InChI is InChI=1S/C19H20N4O3/c24-18-10-14(11-23(18)13-16-4-3-9-26-16)19(25)20-7-6-15-12-22-8-2-1-5-17(22)21-15/h1-5,8-9,12,14H,6-7,10-11,13H2,(H,20,25). The topological polar surface area (TPSA) is 79.9 Å². The molecular formula is C19H20N4O3. The minimum absolute atomic E-state index is 0.0121. The van der Waals surface area contributed by atoms with E-state index in [0.717, 1.165) is 17.1 Å². The van der Waals surface area contributed by atoms with Gasteiger partial charge in [-0.2, -0.15) is 0 Å². The van der Waals surface area contributed by atoms with Crippen LogP contribution in [0, 0.1) is 5.92 Å². The Balaban J connectivity index is 1.27. The summed E-state index contributed by atoms with van der Waals surface area (Å²) in [5.41, 5.74) is 1.82. The Bertz CT molecular complexity index is 883. The monoisotopic (exact) mass is 352 g/mol. The van der Waals surface area contributed by atoms with Gasteiger partial charge in [-0.15, -0.1) is 0 Å². The van der Waals surface area contributed by atoms with Gasteiger partial charge >= 0.3 is 0 Å². The van der Waals surface area contributed by atoms with E-state index in [4.69, 9.17) is 4.42 Å². The number of likely N-dealkylation sites (tertiary alicyclic amines) is 1. The van der Waals surface area contributed by atoms with Crippen LogP contribution in [0.25, 0.3) is 5.65 Å². The van der Waals surface area contributed by atoms with Gasteiger partial charge in [-0.3, -0.25) is 9.59 Å². The summed E-state index contributed by atoms with van der Waals surface area (Å²) in [4.78, 5) is 30.6. The summed E-state index contributed by atoms with van der Waals surface area (Å²) < 4.78 is 7.23.